The Kier molecular flexibility index (Phi) is 6.64. The zero-order valence-electron chi connectivity index (χ0n) is 19.7. The highest BCUT2D eigenvalue weighted by molar-refractivity contribution is 7.90. The highest BCUT2D eigenvalue weighted by atomic mass is 32.2. The molecule has 8 nitrogen and oxygen atoms in total. The molecule has 0 saturated carbocycles. The molecule has 0 amide bonds. The minimum Gasteiger partial charge on any atom is -0.495 e. The Morgan fingerprint density at radius 2 is 1.94 bits per heavy atom. The number of benzene rings is 1. The molecular formula is C26H27N3O5S. The van der Waals surface area contributed by atoms with Crippen LogP contribution in [0.3, 0.4) is 0 Å². The van der Waals surface area contributed by atoms with Crippen LogP contribution in [-0.4, -0.2) is 31.5 Å². The van der Waals surface area contributed by atoms with Crippen molar-refractivity contribution in [1.29, 1.82) is 0 Å². The molecule has 2 heterocycles. The van der Waals surface area contributed by atoms with Crippen molar-refractivity contribution in [2.45, 2.75) is 25.6 Å². The topological polar surface area (TPSA) is 125 Å². The van der Waals surface area contributed by atoms with Gasteiger partial charge in [-0.2, -0.15) is 0 Å². The maximum Gasteiger partial charge on any atom is 0.216 e. The Morgan fingerprint density at radius 3 is 2.57 bits per heavy atom. The lowest BCUT2D eigenvalue weighted by Crippen LogP contribution is -2.45. The van der Waals surface area contributed by atoms with E-state index in [9.17, 15) is 13.2 Å². The third-order valence-corrected chi connectivity index (χ3v) is 7.51. The number of pyridine rings is 1. The first-order chi connectivity index (χ1) is 16.6. The molecule has 0 spiro atoms. The number of nitrogens with zero attached hydrogens (tertiary/aromatic N) is 1. The Morgan fingerprint density at radius 1 is 1.20 bits per heavy atom. The number of allylic oxidation sites excluding steroid dienone is 3. The first kappa shape index (κ1) is 24.4. The Labute approximate surface area is 204 Å². The lowest BCUT2D eigenvalue weighted by Gasteiger charge is -2.31. The number of furan rings is 1. The summed E-state index contributed by atoms with van der Waals surface area (Å²) in [4.78, 5) is 17.7. The quantitative estimate of drug-likeness (QED) is 0.450. The lowest BCUT2D eigenvalue weighted by molar-refractivity contribution is 0.0841. The number of ketones is 1. The predicted octanol–water partition coefficient (Wildman–Crippen LogP) is 4.24. The van der Waals surface area contributed by atoms with Crippen LogP contribution >= 0.6 is 0 Å². The fourth-order valence-corrected chi connectivity index (χ4v) is 5.25. The predicted molar refractivity (Wildman–Crippen MR) is 135 cm³/mol. The second kappa shape index (κ2) is 9.52. The van der Waals surface area contributed by atoms with Gasteiger partial charge in [-0.1, -0.05) is 36.4 Å². The fourth-order valence-electron chi connectivity index (χ4n) is 4.07. The van der Waals surface area contributed by atoms with E-state index in [2.05, 4.69) is 10.3 Å². The number of hydrogen-bond donors (Lipinski definition) is 2. The van der Waals surface area contributed by atoms with Crippen molar-refractivity contribution < 1.29 is 22.4 Å². The SMILES string of the molecule is COc1ccc(-c2ccc(NCc3cc(C(=O)C4(C)C=CC=CC4S(N)(=O)=O)oc3C)cc2)nc1. The van der Waals surface area contributed by atoms with Crippen LogP contribution in [-0.2, 0) is 16.6 Å². The molecule has 0 aliphatic heterocycles. The summed E-state index contributed by atoms with van der Waals surface area (Å²) in [5.41, 5.74) is 2.13. The summed E-state index contributed by atoms with van der Waals surface area (Å²) < 4.78 is 35.1. The van der Waals surface area contributed by atoms with Crippen LogP contribution in [0.1, 0.15) is 28.8 Å². The molecule has 4 rings (SSSR count). The minimum atomic E-state index is -3.99. The molecule has 3 aromatic rings. The van der Waals surface area contributed by atoms with Gasteiger partial charge in [0.2, 0.25) is 15.8 Å². The maximum absolute atomic E-state index is 13.3. The summed E-state index contributed by atoms with van der Waals surface area (Å²) in [6, 6.07) is 13.2. The van der Waals surface area contributed by atoms with Crippen LogP contribution in [0.4, 0.5) is 5.69 Å². The summed E-state index contributed by atoms with van der Waals surface area (Å²) in [5.74, 6) is 0.927. The van der Waals surface area contributed by atoms with Crippen molar-refractivity contribution in [2.75, 3.05) is 12.4 Å². The maximum atomic E-state index is 13.3. The van der Waals surface area contributed by atoms with E-state index in [1.807, 2.05) is 36.4 Å². The second-order valence-corrected chi connectivity index (χ2v) is 10.3. The first-order valence-electron chi connectivity index (χ1n) is 11.0. The number of rotatable bonds is 8. The molecule has 9 heteroatoms. The van der Waals surface area contributed by atoms with Crippen LogP contribution in [0.2, 0.25) is 0 Å². The molecule has 2 unspecified atom stereocenters. The van der Waals surface area contributed by atoms with E-state index in [-0.39, 0.29) is 5.76 Å². The summed E-state index contributed by atoms with van der Waals surface area (Å²) in [6.45, 7) is 3.75. The average Bonchev–Trinajstić information content (AvgIpc) is 3.22. The van der Waals surface area contributed by atoms with Crippen LogP contribution < -0.4 is 15.2 Å². The molecule has 0 saturated heterocycles. The van der Waals surface area contributed by atoms with E-state index in [4.69, 9.17) is 14.3 Å². The van der Waals surface area contributed by atoms with Gasteiger partial charge in [0.15, 0.2) is 5.76 Å². The minimum absolute atomic E-state index is 0.0938. The molecule has 35 heavy (non-hydrogen) atoms. The number of carbonyl (C=O) groups is 1. The van der Waals surface area contributed by atoms with Crippen LogP contribution in [0.15, 0.2) is 77.4 Å². The van der Waals surface area contributed by atoms with Gasteiger partial charge in [-0.15, -0.1) is 0 Å². The number of anilines is 1. The van der Waals surface area contributed by atoms with Crippen molar-refractivity contribution >= 4 is 21.5 Å². The molecule has 1 aliphatic carbocycles. The van der Waals surface area contributed by atoms with Crippen molar-refractivity contribution in [3.8, 4) is 17.0 Å². The summed E-state index contributed by atoms with van der Waals surface area (Å²) in [7, 11) is -2.39. The molecule has 0 bridgehead atoms. The average molecular weight is 494 g/mol. The molecule has 182 valence electrons. The molecule has 2 aromatic heterocycles. The number of Topliss-reactive ketones (excluding diaryl/α,β-unsaturated/α-hetero) is 1. The number of nitrogens with two attached hydrogens (primary N) is 1. The Bertz CT molecular complexity index is 1390. The van der Waals surface area contributed by atoms with Gasteiger partial charge in [-0.3, -0.25) is 9.78 Å². The number of aryl methyl sites for hydroxylation is 1. The summed E-state index contributed by atoms with van der Waals surface area (Å²) >= 11 is 0. The zero-order valence-corrected chi connectivity index (χ0v) is 20.5. The highest BCUT2D eigenvalue weighted by Gasteiger charge is 2.46. The molecule has 2 atom stereocenters. The van der Waals surface area contributed by atoms with Crippen molar-refractivity contribution in [2.24, 2.45) is 10.6 Å². The number of aromatic nitrogens is 1. The van der Waals surface area contributed by atoms with E-state index in [1.165, 1.54) is 6.08 Å². The molecule has 3 N–H and O–H groups in total. The van der Waals surface area contributed by atoms with Gasteiger partial charge < -0.3 is 14.5 Å². The molecule has 0 radical (unpaired) electrons. The monoisotopic (exact) mass is 493 g/mol. The molecular weight excluding hydrogens is 466 g/mol. The van der Waals surface area contributed by atoms with E-state index < -0.39 is 26.5 Å². The van der Waals surface area contributed by atoms with Crippen molar-refractivity contribution in [3.05, 3.63) is 90.0 Å². The van der Waals surface area contributed by atoms with Crippen molar-refractivity contribution in [3.63, 3.8) is 0 Å². The summed E-state index contributed by atoms with van der Waals surface area (Å²) in [5, 5.41) is 7.55. The van der Waals surface area contributed by atoms with Gasteiger partial charge in [-0.05, 0) is 44.2 Å². The van der Waals surface area contributed by atoms with Crippen LogP contribution in [0.5, 0.6) is 5.75 Å². The normalized spacial score (nSPS) is 19.5. The number of sulfonamides is 1. The summed E-state index contributed by atoms with van der Waals surface area (Å²) in [6.07, 6.45) is 7.87. The number of nitrogens with one attached hydrogen (secondary N) is 1. The van der Waals surface area contributed by atoms with Crippen molar-refractivity contribution in [1.82, 2.24) is 4.98 Å². The Balaban J connectivity index is 1.47. The lowest BCUT2D eigenvalue weighted by atomic mass is 9.78. The molecule has 0 fully saturated rings. The van der Waals surface area contributed by atoms with Gasteiger partial charge >= 0.3 is 0 Å². The third kappa shape index (κ3) is 5.06. The largest absolute Gasteiger partial charge is 0.495 e. The van der Waals surface area contributed by atoms with Gasteiger partial charge in [0.25, 0.3) is 0 Å². The smallest absolute Gasteiger partial charge is 0.216 e. The number of primary sulfonamides is 1. The Hall–Kier alpha value is -3.69. The number of ether oxygens (including phenoxy) is 1. The van der Waals surface area contributed by atoms with E-state index >= 15 is 0 Å². The second-order valence-electron chi connectivity index (χ2n) is 8.57. The molecule has 1 aliphatic rings. The number of hydrogen-bond acceptors (Lipinski definition) is 7. The van der Waals surface area contributed by atoms with E-state index in [1.54, 1.807) is 51.4 Å². The first-order valence-corrected chi connectivity index (χ1v) is 12.6. The van der Waals surface area contributed by atoms with E-state index in [0.29, 0.717) is 18.1 Å². The van der Waals surface area contributed by atoms with Gasteiger partial charge in [0.05, 0.1) is 24.4 Å². The zero-order chi connectivity index (χ0) is 25.2. The third-order valence-electron chi connectivity index (χ3n) is 6.15. The van der Waals surface area contributed by atoms with E-state index in [0.717, 1.165) is 22.5 Å². The van der Waals surface area contributed by atoms with Crippen LogP contribution in [0, 0.1) is 12.3 Å². The van der Waals surface area contributed by atoms with Gasteiger partial charge in [0.1, 0.15) is 16.8 Å². The van der Waals surface area contributed by atoms with Gasteiger partial charge in [-0.25, -0.2) is 13.6 Å². The number of methoxy groups -OCH3 is 1. The fraction of sp³-hybridized carbons (Fsp3) is 0.231. The highest BCUT2D eigenvalue weighted by Crippen LogP contribution is 2.36. The van der Waals surface area contributed by atoms with Gasteiger partial charge in [0, 0.05) is 23.4 Å². The molecule has 1 aromatic carbocycles. The number of carbonyl (C=O) groups excluding carboxylic acids is 1. The van der Waals surface area contributed by atoms with Crippen LogP contribution in [0.25, 0.3) is 11.3 Å². The standard InChI is InChI=1S/C26H27N3O5S/c1-17-19(14-23(34-17)25(30)26(2)13-5-4-6-24(26)35(27,31)32)15-28-20-9-7-18(8-10-20)22-12-11-21(33-3)16-29-22/h4-14,16,24,28H,15H2,1-3H3,(H2,27,31,32).